The number of carbonyl (C=O) groups is 1. The van der Waals surface area contributed by atoms with Gasteiger partial charge in [0.2, 0.25) is 11.9 Å². The maximum absolute atomic E-state index is 13.5. The third kappa shape index (κ3) is 6.97. The van der Waals surface area contributed by atoms with Crippen LogP contribution in [0.1, 0.15) is 0 Å². The minimum absolute atomic E-state index is 0.133. The summed E-state index contributed by atoms with van der Waals surface area (Å²) in [6.45, 7) is 1.74. The molecule has 0 saturated carbocycles. The zero-order valence-electron chi connectivity index (χ0n) is 22.4. The van der Waals surface area contributed by atoms with Crippen molar-refractivity contribution in [3.05, 3.63) is 79.8 Å². The first-order valence-electron chi connectivity index (χ1n) is 12.4. The van der Waals surface area contributed by atoms with E-state index in [9.17, 15) is 13.6 Å². The summed E-state index contributed by atoms with van der Waals surface area (Å²) in [6, 6.07) is 10.4. The van der Waals surface area contributed by atoms with E-state index in [0.717, 1.165) is 11.1 Å². The Bertz CT molecular complexity index is 1520. The number of allylic oxidation sites excluding steroid dienone is 2. The molecule has 10 nitrogen and oxygen atoms in total. The van der Waals surface area contributed by atoms with Gasteiger partial charge in [0, 0.05) is 50.2 Å². The van der Waals surface area contributed by atoms with Crippen LogP contribution in [0, 0.1) is 0 Å². The van der Waals surface area contributed by atoms with Crippen molar-refractivity contribution >= 4 is 34.4 Å². The molecule has 0 bridgehead atoms. The van der Waals surface area contributed by atoms with Crippen molar-refractivity contribution in [2.45, 2.75) is 6.61 Å². The number of benzene rings is 1. The number of alkyl halides is 2. The molecule has 1 amide bonds. The van der Waals surface area contributed by atoms with Crippen molar-refractivity contribution in [1.82, 2.24) is 24.5 Å². The first-order chi connectivity index (χ1) is 19.2. The highest BCUT2D eigenvalue weighted by Gasteiger charge is 2.19. The number of carbonyl (C=O) groups excluding carboxylic acids is 1. The number of ether oxygens (including phenoxy) is 1. The zero-order chi connectivity index (χ0) is 28.6. The van der Waals surface area contributed by atoms with Crippen LogP contribution in [0.4, 0.5) is 31.8 Å². The van der Waals surface area contributed by atoms with E-state index in [1.54, 1.807) is 30.0 Å². The first kappa shape index (κ1) is 28.2. The number of likely N-dealkylation sites (N-methyl/N-ethyl adjacent to an activating group) is 2. The number of amides is 1. The lowest BCUT2D eigenvalue weighted by atomic mass is 10.2. The molecule has 0 aliphatic carbocycles. The van der Waals surface area contributed by atoms with E-state index in [1.807, 2.05) is 48.3 Å². The van der Waals surface area contributed by atoms with Crippen LogP contribution in [0.25, 0.3) is 16.8 Å². The highest BCUT2D eigenvalue weighted by atomic mass is 19.3. The van der Waals surface area contributed by atoms with Crippen molar-refractivity contribution < 1.29 is 18.3 Å². The third-order valence-electron chi connectivity index (χ3n) is 5.85. The third-order valence-corrected chi connectivity index (χ3v) is 5.85. The number of anilines is 4. The molecule has 40 heavy (non-hydrogen) atoms. The molecule has 0 aliphatic rings. The summed E-state index contributed by atoms with van der Waals surface area (Å²) in [5, 5.41) is 10.1. The first-order valence-corrected chi connectivity index (χ1v) is 12.4. The number of pyridine rings is 1. The van der Waals surface area contributed by atoms with Crippen LogP contribution in [0.5, 0.6) is 5.75 Å². The highest BCUT2D eigenvalue weighted by molar-refractivity contribution is 6.02. The molecule has 3 heterocycles. The molecule has 0 fully saturated rings. The molecule has 2 N–H and O–H groups in total. The highest BCUT2D eigenvalue weighted by Crippen LogP contribution is 2.39. The van der Waals surface area contributed by atoms with Gasteiger partial charge in [0.15, 0.2) is 5.75 Å². The van der Waals surface area contributed by atoms with Crippen molar-refractivity contribution in [2.75, 3.05) is 49.8 Å². The van der Waals surface area contributed by atoms with Gasteiger partial charge < -0.3 is 25.2 Å². The average Bonchev–Trinajstić information content (AvgIpc) is 3.36. The van der Waals surface area contributed by atoms with Crippen molar-refractivity contribution in [1.29, 1.82) is 0 Å². The molecule has 0 aliphatic heterocycles. The summed E-state index contributed by atoms with van der Waals surface area (Å²) in [5.41, 5.74) is 3.21. The fraction of sp³-hybridized carbons (Fsp3) is 0.214. The number of hydrogen-bond donors (Lipinski definition) is 2. The van der Waals surface area contributed by atoms with Gasteiger partial charge in [-0.15, -0.1) is 0 Å². The normalized spacial score (nSPS) is 11.4. The maximum Gasteiger partial charge on any atom is 0.387 e. The fourth-order valence-corrected chi connectivity index (χ4v) is 3.90. The lowest BCUT2D eigenvalue weighted by Crippen LogP contribution is -2.29. The Hall–Kier alpha value is -4.84. The smallest absolute Gasteiger partial charge is 0.387 e. The second-order valence-corrected chi connectivity index (χ2v) is 9.03. The number of fused-ring (bicyclic) bond motifs is 1. The van der Waals surface area contributed by atoms with Crippen LogP contribution in [-0.4, -0.2) is 71.2 Å². The Balaban J connectivity index is 1.74. The molecular formula is C28H30F2N8O2. The molecule has 3 aromatic heterocycles. The second-order valence-electron chi connectivity index (χ2n) is 9.03. The van der Waals surface area contributed by atoms with Crippen molar-refractivity contribution in [3.63, 3.8) is 0 Å². The number of rotatable bonds is 12. The van der Waals surface area contributed by atoms with Gasteiger partial charge in [0.25, 0.3) is 0 Å². The van der Waals surface area contributed by atoms with Gasteiger partial charge in [0.1, 0.15) is 0 Å². The molecule has 0 radical (unpaired) electrons. The van der Waals surface area contributed by atoms with Crippen LogP contribution in [0.2, 0.25) is 0 Å². The average molecular weight is 549 g/mol. The molecule has 4 aromatic rings. The maximum atomic E-state index is 13.5. The number of aromatic nitrogens is 4. The van der Waals surface area contributed by atoms with E-state index >= 15 is 0 Å². The minimum Gasteiger partial charge on any atom is -0.433 e. The van der Waals surface area contributed by atoms with Crippen LogP contribution in [0.15, 0.2) is 79.8 Å². The van der Waals surface area contributed by atoms with Gasteiger partial charge in [0.05, 0.1) is 34.5 Å². The Morgan fingerprint density at radius 1 is 1.18 bits per heavy atom. The molecule has 0 atom stereocenters. The van der Waals surface area contributed by atoms with E-state index in [1.165, 1.54) is 30.4 Å². The van der Waals surface area contributed by atoms with Crippen molar-refractivity contribution in [2.24, 2.45) is 0 Å². The largest absolute Gasteiger partial charge is 0.433 e. The van der Waals surface area contributed by atoms with Gasteiger partial charge >= 0.3 is 6.61 Å². The number of nitrogens with zero attached hydrogens (tertiary/aromatic N) is 6. The van der Waals surface area contributed by atoms with Gasteiger partial charge in [-0.1, -0.05) is 24.8 Å². The molecule has 0 spiro atoms. The predicted octanol–water partition coefficient (Wildman–Crippen LogP) is 4.81. The molecule has 12 heteroatoms. The summed E-state index contributed by atoms with van der Waals surface area (Å²) < 4.78 is 33.6. The molecule has 0 saturated heterocycles. The molecule has 208 valence electrons. The van der Waals surface area contributed by atoms with E-state index in [4.69, 9.17) is 4.74 Å². The van der Waals surface area contributed by atoms with Crippen LogP contribution in [0.3, 0.4) is 0 Å². The van der Waals surface area contributed by atoms with E-state index in [0.29, 0.717) is 30.2 Å². The van der Waals surface area contributed by atoms with Crippen LogP contribution < -0.4 is 20.3 Å². The number of halogens is 2. The van der Waals surface area contributed by atoms with Gasteiger partial charge in [-0.25, -0.2) is 14.5 Å². The Labute approximate surface area is 230 Å². The summed E-state index contributed by atoms with van der Waals surface area (Å²) in [5.74, 6) is -0.405. The standard InChI is InChI=1S/C28H30F2N8O2/c1-5-6-10-26(39)33-21-16-22(25(40-27(29)30)17-24(21)37(4)15-14-36(2)3)35-28-31-12-11-20(34-28)19-18-32-38-13-8-7-9-23(19)38/h5-13,16-18,27H,1,14-15H2,2-4H3,(H,33,39)(H,31,34,35)/b10-6+. The van der Waals surface area contributed by atoms with Crippen LogP contribution >= 0.6 is 0 Å². The summed E-state index contributed by atoms with van der Waals surface area (Å²) >= 11 is 0. The Kier molecular flexibility index (Phi) is 9.02. The predicted molar refractivity (Wildman–Crippen MR) is 152 cm³/mol. The minimum atomic E-state index is -3.08. The van der Waals surface area contributed by atoms with E-state index in [-0.39, 0.29) is 17.4 Å². The summed E-state index contributed by atoms with van der Waals surface area (Å²) in [7, 11) is 5.66. The molecule has 0 unspecified atom stereocenters. The van der Waals surface area contributed by atoms with Gasteiger partial charge in [-0.2, -0.15) is 13.9 Å². The Morgan fingerprint density at radius 3 is 2.75 bits per heavy atom. The fourth-order valence-electron chi connectivity index (χ4n) is 3.90. The lowest BCUT2D eigenvalue weighted by Gasteiger charge is -2.26. The molecule has 1 aromatic carbocycles. The second kappa shape index (κ2) is 12.8. The van der Waals surface area contributed by atoms with Gasteiger partial charge in [-0.05, 0) is 38.4 Å². The monoisotopic (exact) mass is 548 g/mol. The number of hydrogen-bond acceptors (Lipinski definition) is 8. The topological polar surface area (TPSA) is 99.9 Å². The molecule has 4 rings (SSSR count). The lowest BCUT2D eigenvalue weighted by molar-refractivity contribution is -0.111. The van der Waals surface area contributed by atoms with Crippen molar-refractivity contribution in [3.8, 4) is 17.0 Å². The summed E-state index contributed by atoms with van der Waals surface area (Å²) in [6.07, 6.45) is 9.36. The molecular weight excluding hydrogens is 518 g/mol. The van der Waals surface area contributed by atoms with E-state index < -0.39 is 12.5 Å². The number of nitrogens with one attached hydrogen (secondary N) is 2. The SMILES string of the molecule is C=C/C=C/C(=O)Nc1cc(Nc2nccc(-c3cnn4ccccc34)n2)c(OC(F)F)cc1N(C)CCN(C)C. The van der Waals surface area contributed by atoms with Gasteiger partial charge in [-0.3, -0.25) is 4.79 Å². The van der Waals surface area contributed by atoms with E-state index in [2.05, 4.69) is 32.3 Å². The Morgan fingerprint density at radius 2 is 2.00 bits per heavy atom. The van der Waals surface area contributed by atoms with Crippen LogP contribution in [-0.2, 0) is 4.79 Å². The zero-order valence-corrected chi connectivity index (χ0v) is 22.4. The quantitative estimate of drug-likeness (QED) is 0.192. The summed E-state index contributed by atoms with van der Waals surface area (Å²) in [4.78, 5) is 25.2.